The molecule has 0 bridgehead atoms. The van der Waals surface area contributed by atoms with Crippen LogP contribution in [0.15, 0.2) is 54.1 Å². The van der Waals surface area contributed by atoms with Crippen molar-refractivity contribution in [1.82, 2.24) is 4.90 Å². The molecular weight excluding hydrogens is 361 g/mol. The Bertz CT molecular complexity index is 895. The molecule has 1 fully saturated rings. The SMILES string of the molecule is O=C1C(=O)N(CCO)[C@@H](c2cccc(F)c2)C1=C(O)c1ccc(Cl)cc1. The van der Waals surface area contributed by atoms with Crippen LogP contribution in [-0.4, -0.2) is 40.0 Å². The molecule has 0 radical (unpaired) electrons. The van der Waals surface area contributed by atoms with Crippen molar-refractivity contribution in [1.29, 1.82) is 0 Å². The highest BCUT2D eigenvalue weighted by Crippen LogP contribution is 2.39. The van der Waals surface area contributed by atoms with Gasteiger partial charge >= 0.3 is 0 Å². The van der Waals surface area contributed by atoms with Crippen molar-refractivity contribution < 1.29 is 24.2 Å². The Morgan fingerprint density at radius 3 is 2.46 bits per heavy atom. The standard InChI is InChI=1S/C19H15ClFNO4/c20-13-6-4-11(5-7-13)17(24)15-16(12-2-1-3-14(21)10-12)22(8-9-23)19(26)18(15)25/h1-7,10,16,23-24H,8-9H2/t16-/m0/s1. The number of benzene rings is 2. The lowest BCUT2D eigenvalue weighted by Crippen LogP contribution is -2.32. The van der Waals surface area contributed by atoms with Gasteiger partial charge in [0.25, 0.3) is 11.7 Å². The number of aliphatic hydroxyl groups excluding tert-OH is 2. The molecule has 1 heterocycles. The molecule has 2 aromatic rings. The zero-order valence-electron chi connectivity index (χ0n) is 13.5. The highest BCUT2D eigenvalue weighted by Gasteiger charge is 2.45. The number of rotatable bonds is 4. The number of ketones is 1. The van der Waals surface area contributed by atoms with Crippen molar-refractivity contribution in [3.63, 3.8) is 0 Å². The van der Waals surface area contributed by atoms with Crippen LogP contribution in [0.3, 0.4) is 0 Å². The number of aliphatic hydroxyl groups is 2. The highest BCUT2D eigenvalue weighted by molar-refractivity contribution is 6.46. The molecule has 1 aliphatic rings. The molecular formula is C19H15ClFNO4. The maximum absolute atomic E-state index is 13.7. The summed E-state index contributed by atoms with van der Waals surface area (Å²) in [6, 6.07) is 10.5. The lowest BCUT2D eigenvalue weighted by molar-refractivity contribution is -0.140. The number of halogens is 2. The van der Waals surface area contributed by atoms with E-state index in [4.69, 9.17) is 11.6 Å². The summed E-state index contributed by atoms with van der Waals surface area (Å²) in [5, 5.41) is 20.4. The molecule has 134 valence electrons. The molecule has 0 unspecified atom stereocenters. The smallest absolute Gasteiger partial charge is 0.295 e. The fourth-order valence-corrected chi connectivity index (χ4v) is 3.13. The maximum Gasteiger partial charge on any atom is 0.295 e. The van der Waals surface area contributed by atoms with E-state index in [1.165, 1.54) is 42.5 Å². The van der Waals surface area contributed by atoms with Gasteiger partial charge in [-0.3, -0.25) is 9.59 Å². The number of β-amino-alcohol motifs (C(OH)–C–C–N with tert-alkyl or cyclic N) is 1. The van der Waals surface area contributed by atoms with Gasteiger partial charge in [0, 0.05) is 17.1 Å². The molecule has 7 heteroatoms. The van der Waals surface area contributed by atoms with Gasteiger partial charge < -0.3 is 15.1 Å². The molecule has 0 spiro atoms. The first-order valence-corrected chi connectivity index (χ1v) is 8.22. The molecule has 0 saturated carbocycles. The highest BCUT2D eigenvalue weighted by atomic mass is 35.5. The van der Waals surface area contributed by atoms with Gasteiger partial charge in [-0.05, 0) is 42.0 Å². The number of amides is 1. The first-order valence-electron chi connectivity index (χ1n) is 7.84. The Morgan fingerprint density at radius 2 is 1.85 bits per heavy atom. The van der Waals surface area contributed by atoms with E-state index in [0.29, 0.717) is 16.1 Å². The zero-order valence-corrected chi connectivity index (χ0v) is 14.3. The second-order valence-corrected chi connectivity index (χ2v) is 6.21. The van der Waals surface area contributed by atoms with Crippen LogP contribution < -0.4 is 0 Å². The van der Waals surface area contributed by atoms with Crippen LogP contribution >= 0.6 is 11.6 Å². The van der Waals surface area contributed by atoms with Gasteiger partial charge in [-0.1, -0.05) is 23.7 Å². The van der Waals surface area contributed by atoms with E-state index < -0.39 is 23.5 Å². The number of nitrogens with zero attached hydrogens (tertiary/aromatic N) is 1. The average molecular weight is 376 g/mol. The minimum atomic E-state index is -0.992. The molecule has 3 rings (SSSR count). The Kier molecular flexibility index (Phi) is 5.06. The Balaban J connectivity index is 2.19. The predicted octanol–water partition coefficient (Wildman–Crippen LogP) is 2.89. The topological polar surface area (TPSA) is 77.8 Å². The lowest BCUT2D eigenvalue weighted by atomic mass is 9.95. The molecule has 0 aliphatic carbocycles. The van der Waals surface area contributed by atoms with Crippen molar-refractivity contribution in [3.8, 4) is 0 Å². The second kappa shape index (κ2) is 7.27. The van der Waals surface area contributed by atoms with Gasteiger partial charge in [0.15, 0.2) is 0 Å². The quantitative estimate of drug-likeness (QED) is 0.489. The number of carbonyl (C=O) groups excluding carboxylic acids is 2. The monoisotopic (exact) mass is 375 g/mol. The number of carbonyl (C=O) groups is 2. The third-order valence-electron chi connectivity index (χ3n) is 4.16. The van der Waals surface area contributed by atoms with Crippen molar-refractivity contribution in [2.75, 3.05) is 13.2 Å². The Morgan fingerprint density at radius 1 is 1.15 bits per heavy atom. The number of hydrogen-bond donors (Lipinski definition) is 2. The third-order valence-corrected chi connectivity index (χ3v) is 4.41. The summed E-state index contributed by atoms with van der Waals surface area (Å²) in [5.74, 6) is -2.66. The largest absolute Gasteiger partial charge is 0.507 e. The molecule has 1 atom stereocenters. The maximum atomic E-state index is 13.7. The van der Waals surface area contributed by atoms with Crippen LogP contribution in [0.5, 0.6) is 0 Å². The second-order valence-electron chi connectivity index (χ2n) is 5.78. The van der Waals surface area contributed by atoms with E-state index >= 15 is 0 Å². The van der Waals surface area contributed by atoms with Gasteiger partial charge in [0.05, 0.1) is 18.2 Å². The first-order chi connectivity index (χ1) is 12.4. The van der Waals surface area contributed by atoms with Crippen LogP contribution in [0.2, 0.25) is 5.02 Å². The van der Waals surface area contributed by atoms with Crippen LogP contribution in [-0.2, 0) is 9.59 Å². The zero-order chi connectivity index (χ0) is 18.8. The van der Waals surface area contributed by atoms with E-state index in [9.17, 15) is 24.2 Å². The predicted molar refractivity (Wildman–Crippen MR) is 93.9 cm³/mol. The summed E-state index contributed by atoms with van der Waals surface area (Å²) in [4.78, 5) is 26.0. The van der Waals surface area contributed by atoms with Crippen LogP contribution in [0.1, 0.15) is 17.2 Å². The molecule has 26 heavy (non-hydrogen) atoms. The summed E-state index contributed by atoms with van der Waals surface area (Å²) in [5.41, 5.74) is 0.474. The molecule has 2 N–H and O–H groups in total. The van der Waals surface area contributed by atoms with E-state index in [-0.39, 0.29) is 24.5 Å². The van der Waals surface area contributed by atoms with Gasteiger partial charge in [-0.15, -0.1) is 0 Å². The molecule has 1 aliphatic heterocycles. The Hall–Kier alpha value is -2.70. The first kappa shape index (κ1) is 18.1. The van der Waals surface area contributed by atoms with E-state index in [2.05, 4.69) is 0 Å². The average Bonchev–Trinajstić information content (AvgIpc) is 2.87. The molecule has 1 saturated heterocycles. The van der Waals surface area contributed by atoms with Crippen LogP contribution in [0.25, 0.3) is 5.76 Å². The lowest BCUT2D eigenvalue weighted by Gasteiger charge is -2.24. The van der Waals surface area contributed by atoms with E-state index in [1.54, 1.807) is 6.07 Å². The minimum absolute atomic E-state index is 0.122. The molecule has 2 aromatic carbocycles. The van der Waals surface area contributed by atoms with Crippen LogP contribution in [0, 0.1) is 5.82 Å². The Labute approximate surface area is 153 Å². The summed E-state index contributed by atoms with van der Waals surface area (Å²) in [6.45, 7) is -0.497. The summed E-state index contributed by atoms with van der Waals surface area (Å²) in [6.07, 6.45) is 0. The van der Waals surface area contributed by atoms with Gasteiger partial charge in [-0.25, -0.2) is 4.39 Å². The molecule has 1 amide bonds. The summed E-state index contributed by atoms with van der Waals surface area (Å²) < 4.78 is 13.7. The van der Waals surface area contributed by atoms with E-state index in [1.807, 2.05) is 0 Å². The van der Waals surface area contributed by atoms with Crippen LogP contribution in [0.4, 0.5) is 4.39 Å². The fraction of sp³-hybridized carbons (Fsp3) is 0.158. The molecule has 0 aromatic heterocycles. The minimum Gasteiger partial charge on any atom is -0.507 e. The summed E-state index contributed by atoms with van der Waals surface area (Å²) in [7, 11) is 0. The number of Topliss-reactive ketones (excluding diaryl/α,β-unsaturated/α-hetero) is 1. The fourth-order valence-electron chi connectivity index (χ4n) is 3.00. The van der Waals surface area contributed by atoms with Gasteiger partial charge in [0.2, 0.25) is 0 Å². The normalized spacial score (nSPS) is 19.2. The van der Waals surface area contributed by atoms with Crippen molar-refractivity contribution >= 4 is 29.1 Å². The van der Waals surface area contributed by atoms with Gasteiger partial charge in [-0.2, -0.15) is 0 Å². The summed E-state index contributed by atoms with van der Waals surface area (Å²) >= 11 is 5.84. The van der Waals surface area contributed by atoms with Crippen molar-refractivity contribution in [2.24, 2.45) is 0 Å². The molecule has 5 nitrogen and oxygen atoms in total. The van der Waals surface area contributed by atoms with E-state index in [0.717, 1.165) is 4.90 Å². The number of likely N-dealkylation sites (tertiary alicyclic amines) is 1. The number of hydrogen-bond acceptors (Lipinski definition) is 4. The van der Waals surface area contributed by atoms with Crippen molar-refractivity contribution in [2.45, 2.75) is 6.04 Å². The third kappa shape index (κ3) is 3.21. The van der Waals surface area contributed by atoms with Crippen molar-refractivity contribution in [3.05, 3.63) is 76.1 Å². The van der Waals surface area contributed by atoms with Gasteiger partial charge in [0.1, 0.15) is 11.6 Å².